The van der Waals surface area contributed by atoms with Crippen molar-refractivity contribution in [2.45, 2.75) is 44.8 Å². The molecule has 1 aliphatic rings. The first-order valence-corrected chi connectivity index (χ1v) is 7.90. The average molecular weight is 290 g/mol. The highest BCUT2D eigenvalue weighted by Gasteiger charge is 2.24. The van der Waals surface area contributed by atoms with E-state index in [0.29, 0.717) is 19.5 Å². The number of ether oxygens (including phenoxy) is 1. The van der Waals surface area contributed by atoms with Crippen molar-refractivity contribution >= 4 is 5.91 Å². The van der Waals surface area contributed by atoms with Crippen molar-refractivity contribution in [2.24, 2.45) is 5.73 Å². The molecule has 1 heterocycles. The number of nitrogens with zero attached hydrogens (tertiary/aromatic N) is 1. The fraction of sp³-hybridized carbons (Fsp3) is 0.588. The molecule has 1 fully saturated rings. The lowest BCUT2D eigenvalue weighted by Crippen LogP contribution is -2.46. The highest BCUT2D eigenvalue weighted by molar-refractivity contribution is 5.81. The van der Waals surface area contributed by atoms with Crippen LogP contribution in [0.2, 0.25) is 0 Å². The maximum absolute atomic E-state index is 12.4. The Balaban J connectivity index is 1.81. The van der Waals surface area contributed by atoms with Gasteiger partial charge in [0.05, 0.1) is 12.1 Å². The Labute approximate surface area is 127 Å². The first kappa shape index (κ1) is 16.0. The summed E-state index contributed by atoms with van der Waals surface area (Å²) < 4.78 is 5.61. The molecular formula is C17H26N2O2. The van der Waals surface area contributed by atoms with E-state index in [2.05, 4.69) is 12.1 Å². The van der Waals surface area contributed by atoms with Gasteiger partial charge in [-0.2, -0.15) is 0 Å². The number of amides is 1. The molecule has 1 aliphatic heterocycles. The summed E-state index contributed by atoms with van der Waals surface area (Å²) in [5.41, 5.74) is 7.31. The Kier molecular flexibility index (Phi) is 6.21. The van der Waals surface area contributed by atoms with E-state index in [0.717, 1.165) is 25.9 Å². The van der Waals surface area contributed by atoms with Crippen LogP contribution in [0.15, 0.2) is 30.3 Å². The van der Waals surface area contributed by atoms with Crippen LogP contribution in [-0.4, -0.2) is 42.6 Å². The topological polar surface area (TPSA) is 55.6 Å². The Bertz CT molecular complexity index is 430. The van der Waals surface area contributed by atoms with Crippen molar-refractivity contribution in [1.82, 2.24) is 4.90 Å². The van der Waals surface area contributed by atoms with Gasteiger partial charge in [-0.3, -0.25) is 4.79 Å². The molecule has 1 aromatic carbocycles. The van der Waals surface area contributed by atoms with Crippen molar-refractivity contribution in [1.29, 1.82) is 0 Å². The van der Waals surface area contributed by atoms with E-state index in [1.807, 2.05) is 30.0 Å². The molecule has 0 spiro atoms. The van der Waals surface area contributed by atoms with Crippen LogP contribution in [0.5, 0.6) is 0 Å². The SMILES string of the molecule is CCN(CC1CCCO1)C(=O)[C@@H](N)CCc1ccccc1. The molecule has 116 valence electrons. The molecule has 1 saturated heterocycles. The lowest BCUT2D eigenvalue weighted by atomic mass is 10.0. The number of benzene rings is 1. The van der Waals surface area contributed by atoms with Gasteiger partial charge in [0, 0.05) is 19.7 Å². The molecule has 2 atom stereocenters. The lowest BCUT2D eigenvalue weighted by molar-refractivity contribution is -0.134. The molecule has 0 saturated carbocycles. The second-order valence-corrected chi connectivity index (χ2v) is 5.64. The van der Waals surface area contributed by atoms with Crippen molar-refractivity contribution < 1.29 is 9.53 Å². The molecule has 0 aliphatic carbocycles. The zero-order chi connectivity index (χ0) is 15.1. The van der Waals surface area contributed by atoms with Gasteiger partial charge < -0.3 is 15.4 Å². The first-order chi connectivity index (χ1) is 10.2. The van der Waals surface area contributed by atoms with Crippen molar-refractivity contribution in [3.63, 3.8) is 0 Å². The molecule has 1 unspecified atom stereocenters. The second kappa shape index (κ2) is 8.15. The second-order valence-electron chi connectivity index (χ2n) is 5.64. The molecule has 2 rings (SSSR count). The van der Waals surface area contributed by atoms with E-state index in [1.165, 1.54) is 5.56 Å². The summed E-state index contributed by atoms with van der Waals surface area (Å²) in [4.78, 5) is 14.3. The number of nitrogens with two attached hydrogens (primary N) is 1. The van der Waals surface area contributed by atoms with Crippen LogP contribution in [0.25, 0.3) is 0 Å². The van der Waals surface area contributed by atoms with E-state index in [1.54, 1.807) is 0 Å². The molecule has 0 bridgehead atoms. The zero-order valence-corrected chi connectivity index (χ0v) is 12.8. The van der Waals surface area contributed by atoms with Gasteiger partial charge in [0.25, 0.3) is 0 Å². The fourth-order valence-corrected chi connectivity index (χ4v) is 2.73. The van der Waals surface area contributed by atoms with E-state index in [9.17, 15) is 4.79 Å². The molecule has 4 nitrogen and oxygen atoms in total. The highest BCUT2D eigenvalue weighted by atomic mass is 16.5. The molecule has 2 N–H and O–H groups in total. The number of aryl methyl sites for hydroxylation is 1. The highest BCUT2D eigenvalue weighted by Crippen LogP contribution is 2.14. The molecular weight excluding hydrogens is 264 g/mol. The number of carbonyl (C=O) groups excluding carboxylic acids is 1. The quantitative estimate of drug-likeness (QED) is 0.835. The van der Waals surface area contributed by atoms with E-state index in [-0.39, 0.29) is 12.0 Å². The molecule has 1 amide bonds. The van der Waals surface area contributed by atoms with Crippen LogP contribution >= 0.6 is 0 Å². The number of carbonyl (C=O) groups is 1. The monoisotopic (exact) mass is 290 g/mol. The molecule has 1 aromatic rings. The van der Waals surface area contributed by atoms with Gasteiger partial charge in [-0.15, -0.1) is 0 Å². The van der Waals surface area contributed by atoms with Crippen LogP contribution in [0.1, 0.15) is 31.7 Å². The lowest BCUT2D eigenvalue weighted by Gasteiger charge is -2.26. The summed E-state index contributed by atoms with van der Waals surface area (Å²) >= 11 is 0. The summed E-state index contributed by atoms with van der Waals surface area (Å²) in [5, 5.41) is 0. The third kappa shape index (κ3) is 4.83. The number of likely N-dealkylation sites (N-methyl/N-ethyl adjacent to an activating group) is 1. The van der Waals surface area contributed by atoms with E-state index in [4.69, 9.17) is 10.5 Å². The smallest absolute Gasteiger partial charge is 0.239 e. The van der Waals surface area contributed by atoms with Gasteiger partial charge in [0.1, 0.15) is 0 Å². The Morgan fingerprint density at radius 3 is 2.81 bits per heavy atom. The number of hydrogen-bond donors (Lipinski definition) is 1. The van der Waals surface area contributed by atoms with Gasteiger partial charge >= 0.3 is 0 Å². The Morgan fingerprint density at radius 1 is 1.43 bits per heavy atom. The van der Waals surface area contributed by atoms with E-state index >= 15 is 0 Å². The summed E-state index contributed by atoms with van der Waals surface area (Å²) in [6, 6.07) is 9.74. The van der Waals surface area contributed by atoms with Gasteiger partial charge in [-0.05, 0) is 38.2 Å². The van der Waals surface area contributed by atoms with Gasteiger partial charge in [-0.1, -0.05) is 30.3 Å². The number of rotatable bonds is 7. The van der Waals surface area contributed by atoms with Crippen molar-refractivity contribution in [3.05, 3.63) is 35.9 Å². The molecule has 21 heavy (non-hydrogen) atoms. The maximum Gasteiger partial charge on any atom is 0.239 e. The fourth-order valence-electron chi connectivity index (χ4n) is 2.73. The average Bonchev–Trinajstić information content (AvgIpc) is 3.03. The molecule has 4 heteroatoms. The van der Waals surface area contributed by atoms with Crippen molar-refractivity contribution in [2.75, 3.05) is 19.7 Å². The summed E-state index contributed by atoms with van der Waals surface area (Å²) in [5.74, 6) is 0.0453. The third-order valence-electron chi connectivity index (χ3n) is 4.05. The van der Waals surface area contributed by atoms with E-state index < -0.39 is 6.04 Å². The zero-order valence-electron chi connectivity index (χ0n) is 12.8. The molecule has 0 aromatic heterocycles. The summed E-state index contributed by atoms with van der Waals surface area (Å²) in [7, 11) is 0. The maximum atomic E-state index is 12.4. The third-order valence-corrected chi connectivity index (χ3v) is 4.05. The Hall–Kier alpha value is -1.39. The van der Waals surface area contributed by atoms with Crippen LogP contribution in [0.4, 0.5) is 0 Å². The normalized spacial score (nSPS) is 19.4. The molecule has 0 radical (unpaired) electrons. The van der Waals surface area contributed by atoms with Gasteiger partial charge in [-0.25, -0.2) is 0 Å². The van der Waals surface area contributed by atoms with Crippen molar-refractivity contribution in [3.8, 4) is 0 Å². The Morgan fingerprint density at radius 2 is 2.19 bits per heavy atom. The minimum atomic E-state index is -0.424. The number of hydrogen-bond acceptors (Lipinski definition) is 3. The largest absolute Gasteiger partial charge is 0.376 e. The van der Waals surface area contributed by atoms with Crippen LogP contribution in [-0.2, 0) is 16.0 Å². The standard InChI is InChI=1S/C17H26N2O2/c1-2-19(13-15-9-6-12-21-15)17(20)16(18)11-10-14-7-4-3-5-8-14/h3-5,7-8,15-16H,2,6,9-13,18H2,1H3/t15?,16-/m0/s1. The van der Waals surface area contributed by atoms with Gasteiger partial charge in [0.2, 0.25) is 5.91 Å². The van der Waals surface area contributed by atoms with Gasteiger partial charge in [0.15, 0.2) is 0 Å². The van der Waals surface area contributed by atoms with Crippen LogP contribution < -0.4 is 5.73 Å². The predicted octanol–water partition coefficient (Wildman–Crippen LogP) is 1.97. The minimum absolute atomic E-state index is 0.0453. The van der Waals surface area contributed by atoms with Crippen LogP contribution in [0, 0.1) is 0 Å². The predicted molar refractivity (Wildman–Crippen MR) is 84.0 cm³/mol. The van der Waals surface area contributed by atoms with Crippen LogP contribution in [0.3, 0.4) is 0 Å². The summed E-state index contributed by atoms with van der Waals surface area (Å²) in [6.07, 6.45) is 3.85. The summed E-state index contributed by atoms with van der Waals surface area (Å²) in [6.45, 7) is 4.18. The minimum Gasteiger partial charge on any atom is -0.376 e. The first-order valence-electron chi connectivity index (χ1n) is 7.90.